The minimum Gasteiger partial charge on any atom is -0.341 e. The van der Waals surface area contributed by atoms with Crippen molar-refractivity contribution in [3.8, 4) is 0 Å². The number of carbonyl (C=O) groups is 2. The van der Waals surface area contributed by atoms with Crippen LogP contribution in [0.4, 0.5) is 18.9 Å². The molecule has 1 heterocycles. The van der Waals surface area contributed by atoms with Crippen molar-refractivity contribution in [1.82, 2.24) is 4.90 Å². The normalized spacial score (nSPS) is 15.3. The van der Waals surface area contributed by atoms with Gasteiger partial charge in [0.1, 0.15) is 0 Å². The highest BCUT2D eigenvalue weighted by atomic mass is 19.4. The Balaban J connectivity index is 2.00. The molecule has 0 spiro atoms. The minimum absolute atomic E-state index is 0.0429. The lowest BCUT2D eigenvalue weighted by Gasteiger charge is -2.19. The third kappa shape index (κ3) is 3.99. The summed E-state index contributed by atoms with van der Waals surface area (Å²) in [5.41, 5.74) is 1.01. The van der Waals surface area contributed by atoms with E-state index in [4.69, 9.17) is 0 Å². The maximum atomic E-state index is 12.2. The topological polar surface area (TPSA) is 40.6 Å². The zero-order valence-electron chi connectivity index (χ0n) is 12.2. The number of anilines is 1. The van der Waals surface area contributed by atoms with Gasteiger partial charge in [0, 0.05) is 37.8 Å². The van der Waals surface area contributed by atoms with Gasteiger partial charge in [-0.05, 0) is 30.7 Å². The highest BCUT2D eigenvalue weighted by Crippen LogP contribution is 2.23. The van der Waals surface area contributed by atoms with Gasteiger partial charge >= 0.3 is 6.18 Å². The maximum absolute atomic E-state index is 12.2. The van der Waals surface area contributed by atoms with Crippen molar-refractivity contribution in [2.45, 2.75) is 25.4 Å². The van der Waals surface area contributed by atoms with Crippen LogP contribution in [0.1, 0.15) is 29.6 Å². The number of nitrogens with zero attached hydrogens (tertiary/aromatic N) is 2. The minimum atomic E-state index is -4.28. The number of rotatable bonds is 4. The van der Waals surface area contributed by atoms with Crippen molar-refractivity contribution in [2.24, 2.45) is 0 Å². The SMILES string of the molecule is CN(CCC(F)(F)F)C(=O)c1ccc(N2CCCC2=O)cc1. The molecule has 1 saturated heterocycles. The molecule has 1 aromatic carbocycles. The molecule has 0 bridgehead atoms. The zero-order valence-corrected chi connectivity index (χ0v) is 12.2. The van der Waals surface area contributed by atoms with Gasteiger partial charge in [-0.3, -0.25) is 9.59 Å². The highest BCUT2D eigenvalue weighted by Gasteiger charge is 2.28. The molecule has 1 aliphatic rings. The monoisotopic (exact) mass is 314 g/mol. The number of alkyl halides is 3. The molecule has 2 amide bonds. The quantitative estimate of drug-likeness (QED) is 0.857. The Morgan fingerprint density at radius 1 is 1.27 bits per heavy atom. The number of benzene rings is 1. The second kappa shape index (κ2) is 6.37. The molecule has 1 aliphatic heterocycles. The smallest absolute Gasteiger partial charge is 0.341 e. The molecule has 0 atom stereocenters. The first-order chi connectivity index (χ1) is 10.3. The van der Waals surface area contributed by atoms with Crippen molar-refractivity contribution in [1.29, 1.82) is 0 Å². The van der Waals surface area contributed by atoms with Gasteiger partial charge < -0.3 is 9.80 Å². The van der Waals surface area contributed by atoms with Crippen LogP contribution in [-0.4, -0.2) is 43.0 Å². The van der Waals surface area contributed by atoms with E-state index < -0.39 is 18.5 Å². The molecule has 0 unspecified atom stereocenters. The number of amides is 2. The Bertz CT molecular complexity index is 555. The van der Waals surface area contributed by atoms with Crippen LogP contribution in [0.5, 0.6) is 0 Å². The van der Waals surface area contributed by atoms with E-state index in [2.05, 4.69) is 0 Å². The summed E-state index contributed by atoms with van der Waals surface area (Å²) in [7, 11) is 1.34. The summed E-state index contributed by atoms with van der Waals surface area (Å²) < 4.78 is 36.5. The molecule has 0 aliphatic carbocycles. The van der Waals surface area contributed by atoms with E-state index in [1.165, 1.54) is 19.2 Å². The van der Waals surface area contributed by atoms with Gasteiger partial charge in [0.05, 0.1) is 6.42 Å². The maximum Gasteiger partial charge on any atom is 0.390 e. The molecule has 2 rings (SSSR count). The molecule has 4 nitrogen and oxygen atoms in total. The summed E-state index contributed by atoms with van der Waals surface area (Å²) in [6.07, 6.45) is -4.00. The fourth-order valence-electron chi connectivity index (χ4n) is 2.32. The predicted octanol–water partition coefficient (Wildman–Crippen LogP) is 2.84. The van der Waals surface area contributed by atoms with Crippen molar-refractivity contribution in [3.63, 3.8) is 0 Å². The molecule has 0 radical (unpaired) electrons. The summed E-state index contributed by atoms with van der Waals surface area (Å²) in [4.78, 5) is 26.3. The molecule has 1 fully saturated rings. The number of hydrogen-bond donors (Lipinski definition) is 0. The van der Waals surface area contributed by atoms with Gasteiger partial charge in [-0.1, -0.05) is 0 Å². The molecule has 0 saturated carbocycles. The van der Waals surface area contributed by atoms with Crippen LogP contribution in [-0.2, 0) is 4.79 Å². The van der Waals surface area contributed by atoms with Gasteiger partial charge in [0.15, 0.2) is 0 Å². The predicted molar refractivity (Wildman–Crippen MR) is 75.7 cm³/mol. The first kappa shape index (κ1) is 16.3. The van der Waals surface area contributed by atoms with Gasteiger partial charge in [-0.2, -0.15) is 13.2 Å². The largest absolute Gasteiger partial charge is 0.390 e. The average Bonchev–Trinajstić information content (AvgIpc) is 2.89. The summed E-state index contributed by atoms with van der Waals surface area (Å²) in [5.74, 6) is -0.426. The highest BCUT2D eigenvalue weighted by molar-refractivity contribution is 5.97. The average molecular weight is 314 g/mol. The van der Waals surface area contributed by atoms with Crippen LogP contribution in [0.2, 0.25) is 0 Å². The lowest BCUT2D eigenvalue weighted by Crippen LogP contribution is -2.30. The standard InChI is InChI=1S/C15H17F3N2O2/c1-19(10-8-15(16,17)18)14(22)11-4-6-12(7-5-11)20-9-2-3-13(20)21/h4-7H,2-3,8-10H2,1H3. The van der Waals surface area contributed by atoms with Gasteiger partial charge in [-0.15, -0.1) is 0 Å². The lowest BCUT2D eigenvalue weighted by atomic mass is 10.1. The van der Waals surface area contributed by atoms with Crippen LogP contribution in [0.3, 0.4) is 0 Å². The zero-order chi connectivity index (χ0) is 16.3. The van der Waals surface area contributed by atoms with E-state index in [-0.39, 0.29) is 12.5 Å². The molecular formula is C15H17F3N2O2. The van der Waals surface area contributed by atoms with Gasteiger partial charge in [0.25, 0.3) is 5.91 Å². The second-order valence-electron chi connectivity index (χ2n) is 5.29. The molecule has 0 aromatic heterocycles. The van der Waals surface area contributed by atoms with Crippen molar-refractivity contribution in [2.75, 3.05) is 25.0 Å². The Morgan fingerprint density at radius 3 is 2.41 bits per heavy atom. The molecule has 7 heteroatoms. The Morgan fingerprint density at radius 2 is 1.91 bits per heavy atom. The lowest BCUT2D eigenvalue weighted by molar-refractivity contribution is -0.136. The third-order valence-electron chi connectivity index (χ3n) is 3.58. The van der Waals surface area contributed by atoms with E-state index in [9.17, 15) is 22.8 Å². The van der Waals surface area contributed by atoms with E-state index in [1.807, 2.05) is 0 Å². The fraction of sp³-hybridized carbons (Fsp3) is 0.467. The van der Waals surface area contributed by atoms with Crippen molar-refractivity contribution in [3.05, 3.63) is 29.8 Å². The summed E-state index contributed by atoms with van der Waals surface area (Å²) >= 11 is 0. The van der Waals surface area contributed by atoms with Crippen LogP contribution < -0.4 is 4.90 Å². The molecule has 1 aromatic rings. The van der Waals surface area contributed by atoms with Crippen molar-refractivity contribution >= 4 is 17.5 Å². The number of carbonyl (C=O) groups excluding carboxylic acids is 2. The van der Waals surface area contributed by atoms with Gasteiger partial charge in [0.2, 0.25) is 5.91 Å². The number of hydrogen-bond acceptors (Lipinski definition) is 2. The van der Waals surface area contributed by atoms with Gasteiger partial charge in [-0.25, -0.2) is 0 Å². The molecule has 120 valence electrons. The first-order valence-electron chi connectivity index (χ1n) is 7.00. The van der Waals surface area contributed by atoms with Crippen LogP contribution in [0, 0.1) is 0 Å². The number of halogens is 3. The first-order valence-corrected chi connectivity index (χ1v) is 7.00. The molecular weight excluding hydrogens is 297 g/mol. The van der Waals surface area contributed by atoms with E-state index in [0.717, 1.165) is 11.3 Å². The summed E-state index contributed by atoms with van der Waals surface area (Å²) in [6, 6.07) is 6.36. The van der Waals surface area contributed by atoms with E-state index in [0.29, 0.717) is 24.2 Å². The van der Waals surface area contributed by atoms with Crippen LogP contribution in [0.15, 0.2) is 24.3 Å². The Hall–Kier alpha value is -2.05. The Labute approximate surface area is 126 Å². The second-order valence-corrected chi connectivity index (χ2v) is 5.29. The van der Waals surface area contributed by atoms with E-state index >= 15 is 0 Å². The summed E-state index contributed by atoms with van der Waals surface area (Å²) in [5, 5.41) is 0. The van der Waals surface area contributed by atoms with E-state index in [1.54, 1.807) is 17.0 Å². The summed E-state index contributed by atoms with van der Waals surface area (Å²) in [6.45, 7) is 0.270. The Kier molecular flexibility index (Phi) is 4.73. The van der Waals surface area contributed by atoms with Crippen LogP contribution in [0.25, 0.3) is 0 Å². The fourth-order valence-corrected chi connectivity index (χ4v) is 2.32. The van der Waals surface area contributed by atoms with Crippen molar-refractivity contribution < 1.29 is 22.8 Å². The molecule has 0 N–H and O–H groups in total. The van der Waals surface area contributed by atoms with Crippen LogP contribution >= 0.6 is 0 Å². The third-order valence-corrected chi connectivity index (χ3v) is 3.58. The molecule has 22 heavy (non-hydrogen) atoms.